The third-order valence-electron chi connectivity index (χ3n) is 3.28. The van der Waals surface area contributed by atoms with Crippen molar-refractivity contribution in [3.63, 3.8) is 0 Å². The molecule has 102 valence electrons. The summed E-state index contributed by atoms with van der Waals surface area (Å²) in [6, 6.07) is 0.428. The lowest BCUT2D eigenvalue weighted by molar-refractivity contribution is -0.136. The molecule has 1 aliphatic heterocycles. The van der Waals surface area contributed by atoms with Gasteiger partial charge in [-0.3, -0.25) is 4.90 Å². The molecule has 1 rings (SSSR count). The molecule has 1 saturated heterocycles. The number of alkyl halides is 3. The third-order valence-corrected chi connectivity index (χ3v) is 3.28. The fourth-order valence-electron chi connectivity index (χ4n) is 2.38. The molecule has 17 heavy (non-hydrogen) atoms. The fourth-order valence-corrected chi connectivity index (χ4v) is 2.38. The second-order valence-electron chi connectivity index (χ2n) is 4.71. The highest BCUT2D eigenvalue weighted by Gasteiger charge is 2.28. The highest BCUT2D eigenvalue weighted by molar-refractivity contribution is 4.78. The van der Waals surface area contributed by atoms with Crippen LogP contribution in [-0.2, 0) is 0 Å². The van der Waals surface area contributed by atoms with Crippen LogP contribution in [0.1, 0.15) is 39.0 Å². The highest BCUT2D eigenvalue weighted by Crippen LogP contribution is 2.23. The van der Waals surface area contributed by atoms with Gasteiger partial charge < -0.3 is 5.32 Å². The van der Waals surface area contributed by atoms with Gasteiger partial charge in [0.2, 0.25) is 0 Å². The van der Waals surface area contributed by atoms with Crippen LogP contribution in [-0.4, -0.2) is 43.3 Å². The Morgan fingerprint density at radius 3 is 2.71 bits per heavy atom. The Bertz CT molecular complexity index is 206. The van der Waals surface area contributed by atoms with Gasteiger partial charge in [0.1, 0.15) is 0 Å². The molecule has 0 saturated carbocycles. The highest BCUT2D eigenvalue weighted by atomic mass is 19.4. The number of rotatable bonds is 6. The largest absolute Gasteiger partial charge is 0.389 e. The molecular formula is C12H23F3N2. The number of hydrogen-bond donors (Lipinski definition) is 1. The standard InChI is InChI=1S/C12H23F3N2/c1-2-16-10-11-6-3-4-8-17(11)9-5-7-12(13,14)15/h11,16H,2-10H2,1H3. The zero-order valence-electron chi connectivity index (χ0n) is 10.5. The molecule has 0 radical (unpaired) electrons. The molecule has 0 spiro atoms. The van der Waals surface area contributed by atoms with Gasteiger partial charge in [-0.05, 0) is 38.9 Å². The number of hydrogen-bond acceptors (Lipinski definition) is 2. The van der Waals surface area contributed by atoms with E-state index in [1.54, 1.807) is 0 Å². The van der Waals surface area contributed by atoms with E-state index in [0.717, 1.165) is 32.5 Å². The van der Waals surface area contributed by atoms with Crippen molar-refractivity contribution in [3.8, 4) is 0 Å². The smallest absolute Gasteiger partial charge is 0.315 e. The molecule has 2 nitrogen and oxygen atoms in total. The van der Waals surface area contributed by atoms with E-state index >= 15 is 0 Å². The number of likely N-dealkylation sites (tertiary alicyclic amines) is 1. The van der Waals surface area contributed by atoms with Crippen LogP contribution >= 0.6 is 0 Å². The molecule has 0 aliphatic carbocycles. The molecule has 0 aromatic carbocycles. The summed E-state index contributed by atoms with van der Waals surface area (Å²) in [6.07, 6.45) is -1.00. The molecule has 0 amide bonds. The lowest BCUT2D eigenvalue weighted by Crippen LogP contribution is -2.45. The Morgan fingerprint density at radius 1 is 1.29 bits per heavy atom. The van der Waals surface area contributed by atoms with E-state index in [1.807, 2.05) is 0 Å². The van der Waals surface area contributed by atoms with E-state index in [1.165, 1.54) is 6.42 Å². The van der Waals surface area contributed by atoms with Crippen molar-refractivity contribution in [2.45, 2.75) is 51.2 Å². The van der Waals surface area contributed by atoms with Gasteiger partial charge >= 0.3 is 6.18 Å². The van der Waals surface area contributed by atoms with Gasteiger partial charge in [-0.15, -0.1) is 0 Å². The van der Waals surface area contributed by atoms with Crippen LogP contribution < -0.4 is 5.32 Å². The maximum Gasteiger partial charge on any atom is 0.389 e. The zero-order valence-corrected chi connectivity index (χ0v) is 10.5. The molecular weight excluding hydrogens is 229 g/mol. The molecule has 1 aliphatic rings. The molecule has 1 unspecified atom stereocenters. The van der Waals surface area contributed by atoms with Crippen molar-refractivity contribution in [2.75, 3.05) is 26.2 Å². The number of piperidine rings is 1. The van der Waals surface area contributed by atoms with Crippen molar-refractivity contribution in [1.29, 1.82) is 0 Å². The molecule has 1 atom stereocenters. The van der Waals surface area contributed by atoms with Crippen LogP contribution in [0.5, 0.6) is 0 Å². The average molecular weight is 252 g/mol. The molecule has 1 heterocycles. The Labute approximate surface area is 102 Å². The first-order chi connectivity index (χ1) is 8.03. The summed E-state index contributed by atoms with van der Waals surface area (Å²) >= 11 is 0. The second-order valence-corrected chi connectivity index (χ2v) is 4.71. The Morgan fingerprint density at radius 2 is 2.06 bits per heavy atom. The quantitative estimate of drug-likeness (QED) is 0.782. The van der Waals surface area contributed by atoms with E-state index in [4.69, 9.17) is 0 Å². The molecule has 0 aromatic heterocycles. The van der Waals surface area contributed by atoms with Crippen LogP contribution in [0.25, 0.3) is 0 Å². The first-order valence-electron chi connectivity index (χ1n) is 6.54. The van der Waals surface area contributed by atoms with Crippen molar-refractivity contribution in [1.82, 2.24) is 10.2 Å². The SMILES string of the molecule is CCNCC1CCCCN1CCCC(F)(F)F. The summed E-state index contributed by atoms with van der Waals surface area (Å²) in [5.74, 6) is 0. The van der Waals surface area contributed by atoms with E-state index in [-0.39, 0.29) is 6.42 Å². The van der Waals surface area contributed by atoms with Gasteiger partial charge in [0.15, 0.2) is 0 Å². The normalized spacial score (nSPS) is 22.9. The van der Waals surface area contributed by atoms with Gasteiger partial charge in [-0.2, -0.15) is 13.2 Å². The maximum atomic E-state index is 12.1. The lowest BCUT2D eigenvalue weighted by atomic mass is 10.0. The van der Waals surface area contributed by atoms with Crippen LogP contribution in [0.3, 0.4) is 0 Å². The van der Waals surface area contributed by atoms with E-state index in [9.17, 15) is 13.2 Å². The maximum absolute atomic E-state index is 12.1. The Hall–Kier alpha value is -0.290. The van der Waals surface area contributed by atoms with Gasteiger partial charge in [0, 0.05) is 19.0 Å². The summed E-state index contributed by atoms with van der Waals surface area (Å²) in [5.41, 5.74) is 0. The Kier molecular flexibility index (Phi) is 6.27. The van der Waals surface area contributed by atoms with Crippen molar-refractivity contribution < 1.29 is 13.2 Å². The molecule has 0 bridgehead atoms. The first kappa shape index (κ1) is 14.8. The molecule has 5 heteroatoms. The van der Waals surface area contributed by atoms with Crippen LogP contribution in [0.4, 0.5) is 13.2 Å². The van der Waals surface area contributed by atoms with Crippen molar-refractivity contribution in [3.05, 3.63) is 0 Å². The number of likely N-dealkylation sites (N-methyl/N-ethyl adjacent to an activating group) is 1. The van der Waals surface area contributed by atoms with Gasteiger partial charge in [0.25, 0.3) is 0 Å². The predicted molar refractivity (Wildman–Crippen MR) is 63.0 cm³/mol. The number of nitrogens with zero attached hydrogens (tertiary/aromatic N) is 1. The van der Waals surface area contributed by atoms with Gasteiger partial charge in [0.05, 0.1) is 0 Å². The molecule has 1 N–H and O–H groups in total. The lowest BCUT2D eigenvalue weighted by Gasteiger charge is -2.36. The van der Waals surface area contributed by atoms with Crippen LogP contribution in [0.15, 0.2) is 0 Å². The predicted octanol–water partition coefficient (Wildman–Crippen LogP) is 2.79. The zero-order chi connectivity index (χ0) is 12.7. The summed E-state index contributed by atoms with van der Waals surface area (Å²) in [4.78, 5) is 2.22. The summed E-state index contributed by atoms with van der Waals surface area (Å²) < 4.78 is 36.2. The second kappa shape index (κ2) is 7.21. The van der Waals surface area contributed by atoms with Gasteiger partial charge in [-0.25, -0.2) is 0 Å². The van der Waals surface area contributed by atoms with Gasteiger partial charge in [-0.1, -0.05) is 13.3 Å². The van der Waals surface area contributed by atoms with Crippen molar-refractivity contribution >= 4 is 0 Å². The van der Waals surface area contributed by atoms with Crippen LogP contribution in [0.2, 0.25) is 0 Å². The summed E-state index contributed by atoms with van der Waals surface area (Å²) in [7, 11) is 0. The van der Waals surface area contributed by atoms with Crippen LogP contribution in [0, 0.1) is 0 Å². The summed E-state index contributed by atoms with van der Waals surface area (Å²) in [5, 5.41) is 3.29. The minimum Gasteiger partial charge on any atom is -0.315 e. The average Bonchev–Trinajstić information content (AvgIpc) is 2.26. The summed E-state index contributed by atoms with van der Waals surface area (Å²) in [6.45, 7) is 5.41. The van der Waals surface area contributed by atoms with Crippen molar-refractivity contribution in [2.24, 2.45) is 0 Å². The van der Waals surface area contributed by atoms with E-state index in [2.05, 4.69) is 17.1 Å². The molecule has 0 aromatic rings. The minimum absolute atomic E-state index is 0.228. The molecule has 1 fully saturated rings. The number of halogens is 3. The topological polar surface area (TPSA) is 15.3 Å². The monoisotopic (exact) mass is 252 g/mol. The Balaban J connectivity index is 2.27. The first-order valence-corrected chi connectivity index (χ1v) is 6.54. The van der Waals surface area contributed by atoms with E-state index in [0.29, 0.717) is 12.6 Å². The number of nitrogens with one attached hydrogen (secondary N) is 1. The van der Waals surface area contributed by atoms with E-state index < -0.39 is 12.6 Å². The fraction of sp³-hybridized carbons (Fsp3) is 1.00. The third kappa shape index (κ3) is 6.27. The minimum atomic E-state index is -4.01.